The fraction of sp³-hybridized carbons (Fsp3) is 0.478. The van der Waals surface area contributed by atoms with E-state index in [2.05, 4.69) is 17.2 Å². The van der Waals surface area contributed by atoms with E-state index >= 15 is 0 Å². The lowest BCUT2D eigenvalue weighted by Crippen LogP contribution is -2.52. The number of pyridine rings is 1. The van der Waals surface area contributed by atoms with Crippen molar-refractivity contribution in [2.24, 2.45) is 5.92 Å². The number of likely N-dealkylation sites (tertiary alicyclic amines) is 1. The summed E-state index contributed by atoms with van der Waals surface area (Å²) in [6, 6.07) is 5.59. The number of carbonyl (C=O) groups excluding carboxylic acids is 2. The Hall–Kier alpha value is -2.99. The molecule has 3 unspecified atom stereocenters. The van der Waals surface area contributed by atoms with Crippen LogP contribution >= 0.6 is 11.3 Å². The number of ether oxygens (including phenoxy) is 1. The van der Waals surface area contributed by atoms with E-state index in [0.29, 0.717) is 25.2 Å². The number of carbonyl (C=O) groups is 3. The predicted molar refractivity (Wildman–Crippen MR) is 122 cm³/mol. The molecule has 35 heavy (non-hydrogen) atoms. The highest BCUT2D eigenvalue weighted by atomic mass is 32.1. The van der Waals surface area contributed by atoms with Crippen molar-refractivity contribution in [2.45, 2.75) is 51.0 Å². The molecule has 2 amide bonds. The van der Waals surface area contributed by atoms with Gasteiger partial charge in [-0.3, -0.25) is 14.6 Å². The van der Waals surface area contributed by atoms with Crippen LogP contribution in [0.4, 0.5) is 18.9 Å². The highest BCUT2D eigenvalue weighted by molar-refractivity contribution is 7.12. The third kappa shape index (κ3) is 6.37. The highest BCUT2D eigenvalue weighted by Crippen LogP contribution is 2.43. The first kappa shape index (κ1) is 26.6. The number of amides is 2. The van der Waals surface area contributed by atoms with E-state index in [9.17, 15) is 22.8 Å². The fourth-order valence-electron chi connectivity index (χ4n) is 4.25. The van der Waals surface area contributed by atoms with Crippen LogP contribution in [0.2, 0.25) is 0 Å². The predicted octanol–water partition coefficient (Wildman–Crippen LogP) is 4.12. The maximum absolute atomic E-state index is 12.8. The van der Waals surface area contributed by atoms with E-state index in [0.717, 1.165) is 23.3 Å². The molecule has 8 nitrogen and oxygen atoms in total. The average Bonchev–Trinajstić information content (AvgIpc) is 3.43. The largest absolute Gasteiger partial charge is 0.490 e. The van der Waals surface area contributed by atoms with E-state index in [1.807, 2.05) is 29.3 Å². The third-order valence-electron chi connectivity index (χ3n) is 6.21. The number of aromatic nitrogens is 1. The second-order valence-electron chi connectivity index (χ2n) is 8.58. The van der Waals surface area contributed by atoms with Crippen LogP contribution in [-0.2, 0) is 14.3 Å². The van der Waals surface area contributed by atoms with Crippen LogP contribution in [-0.4, -0.2) is 63.7 Å². The van der Waals surface area contributed by atoms with Crippen LogP contribution in [0, 0.1) is 12.8 Å². The summed E-state index contributed by atoms with van der Waals surface area (Å²) in [5.74, 6) is -2.59. The number of nitrogens with zero attached hydrogens (tertiary/aromatic N) is 2. The van der Waals surface area contributed by atoms with Gasteiger partial charge in [0, 0.05) is 25.2 Å². The number of carboxylic acids is 1. The first-order chi connectivity index (χ1) is 16.4. The summed E-state index contributed by atoms with van der Waals surface area (Å²) in [6.45, 7) is 5.43. The maximum Gasteiger partial charge on any atom is 0.490 e. The molecular weight excluding hydrogens is 487 g/mol. The molecule has 2 aromatic rings. The Labute approximate surface area is 204 Å². The molecule has 0 bridgehead atoms. The van der Waals surface area contributed by atoms with Gasteiger partial charge in [-0.05, 0) is 55.3 Å². The number of aryl methyl sites for hydroxylation is 1. The van der Waals surface area contributed by atoms with E-state index < -0.39 is 18.2 Å². The Morgan fingerprint density at radius 3 is 2.54 bits per heavy atom. The summed E-state index contributed by atoms with van der Waals surface area (Å²) in [4.78, 5) is 41.1. The van der Waals surface area contributed by atoms with Gasteiger partial charge in [0.05, 0.1) is 22.4 Å². The Morgan fingerprint density at radius 1 is 1.29 bits per heavy atom. The standard InChI is InChI=1S/C21H25N3O3S.C2HF3O2/c1-14-6-11-28-18(14)20(26)24-10-8-21(15(2)13-24)7-5-17(27-21)19(25)23-16-4-3-9-22-12-16;3-2(4,5)1(6)7/h3-4,6,9,11-12,15,17H,5,7-8,10,13H2,1-2H3,(H,23,25);(H,6,7). The van der Waals surface area contributed by atoms with Crippen molar-refractivity contribution >= 4 is 34.8 Å². The van der Waals surface area contributed by atoms with Gasteiger partial charge in [-0.15, -0.1) is 11.3 Å². The Morgan fingerprint density at radius 2 is 2.00 bits per heavy atom. The smallest absolute Gasteiger partial charge is 0.475 e. The number of anilines is 1. The Kier molecular flexibility index (Phi) is 8.16. The van der Waals surface area contributed by atoms with Crippen molar-refractivity contribution in [1.29, 1.82) is 0 Å². The van der Waals surface area contributed by atoms with Gasteiger partial charge in [0.2, 0.25) is 0 Å². The lowest BCUT2D eigenvalue weighted by molar-refractivity contribution is -0.192. The van der Waals surface area contributed by atoms with Gasteiger partial charge in [0.1, 0.15) is 6.10 Å². The van der Waals surface area contributed by atoms with Crippen molar-refractivity contribution in [1.82, 2.24) is 9.88 Å². The second kappa shape index (κ2) is 10.7. The van der Waals surface area contributed by atoms with Crippen LogP contribution in [0.25, 0.3) is 0 Å². The summed E-state index contributed by atoms with van der Waals surface area (Å²) >= 11 is 1.50. The first-order valence-electron chi connectivity index (χ1n) is 10.9. The molecule has 2 N–H and O–H groups in total. The Balaban J connectivity index is 0.000000429. The van der Waals surface area contributed by atoms with Gasteiger partial charge in [0.25, 0.3) is 11.8 Å². The van der Waals surface area contributed by atoms with Crippen molar-refractivity contribution in [2.75, 3.05) is 18.4 Å². The van der Waals surface area contributed by atoms with Crippen LogP contribution in [0.5, 0.6) is 0 Å². The third-order valence-corrected chi connectivity index (χ3v) is 7.22. The number of rotatable bonds is 3. The number of halogens is 3. The monoisotopic (exact) mass is 513 g/mol. The number of alkyl halides is 3. The molecule has 4 heterocycles. The molecule has 4 rings (SSSR count). The number of nitrogens with one attached hydrogen (secondary N) is 1. The molecule has 0 radical (unpaired) electrons. The number of aliphatic carboxylic acids is 1. The normalized spacial score (nSPS) is 24.0. The van der Waals surface area contributed by atoms with Crippen molar-refractivity contribution < 1.29 is 37.4 Å². The molecule has 0 aliphatic carbocycles. The fourth-order valence-corrected chi connectivity index (χ4v) is 5.14. The van der Waals surface area contributed by atoms with Crippen LogP contribution in [0.1, 0.15) is 41.4 Å². The molecular formula is C23H26F3N3O5S. The number of thiophene rings is 1. The molecule has 2 aliphatic heterocycles. The minimum atomic E-state index is -5.08. The minimum Gasteiger partial charge on any atom is -0.475 e. The van der Waals surface area contributed by atoms with Crippen LogP contribution in [0.3, 0.4) is 0 Å². The SMILES string of the molecule is Cc1ccsc1C(=O)N1CCC2(CCC(C(=O)Nc3cccnc3)O2)C(C)C1.O=C(O)C(F)(F)F. The van der Waals surface area contributed by atoms with E-state index in [4.69, 9.17) is 14.6 Å². The van der Waals surface area contributed by atoms with Crippen molar-refractivity contribution in [3.8, 4) is 0 Å². The minimum absolute atomic E-state index is 0.109. The molecule has 2 aliphatic rings. The van der Waals surface area contributed by atoms with Gasteiger partial charge >= 0.3 is 12.1 Å². The quantitative estimate of drug-likeness (QED) is 0.639. The topological polar surface area (TPSA) is 109 Å². The van der Waals surface area contributed by atoms with E-state index in [1.54, 1.807) is 18.5 Å². The zero-order valence-electron chi connectivity index (χ0n) is 19.2. The number of hydrogen-bond donors (Lipinski definition) is 2. The van der Waals surface area contributed by atoms with Crippen LogP contribution in [0.15, 0.2) is 36.0 Å². The van der Waals surface area contributed by atoms with E-state index in [-0.39, 0.29) is 23.3 Å². The maximum atomic E-state index is 12.8. The number of hydrogen-bond acceptors (Lipinski definition) is 6. The number of carboxylic acid groups (broad SMARTS) is 1. The summed E-state index contributed by atoms with van der Waals surface area (Å²) in [6.07, 6.45) is 0.0754. The molecule has 0 saturated carbocycles. The molecule has 1 spiro atoms. The van der Waals surface area contributed by atoms with E-state index in [1.165, 1.54) is 11.3 Å². The summed E-state index contributed by atoms with van der Waals surface area (Å²) < 4.78 is 38.0. The van der Waals surface area contributed by atoms with Crippen molar-refractivity contribution in [3.63, 3.8) is 0 Å². The van der Waals surface area contributed by atoms with Gasteiger partial charge in [-0.1, -0.05) is 6.92 Å². The van der Waals surface area contributed by atoms with Gasteiger partial charge < -0.3 is 20.1 Å². The van der Waals surface area contributed by atoms with Crippen molar-refractivity contribution in [3.05, 3.63) is 46.4 Å². The molecule has 12 heteroatoms. The lowest BCUT2D eigenvalue weighted by Gasteiger charge is -2.44. The number of piperidine rings is 1. The zero-order chi connectivity index (χ0) is 25.8. The highest BCUT2D eigenvalue weighted by Gasteiger charge is 2.49. The summed E-state index contributed by atoms with van der Waals surface area (Å²) in [5, 5.41) is 12.0. The molecule has 2 fully saturated rings. The summed E-state index contributed by atoms with van der Waals surface area (Å²) in [5.41, 5.74) is 1.39. The molecule has 2 aromatic heterocycles. The average molecular weight is 514 g/mol. The van der Waals surface area contributed by atoms with Gasteiger partial charge in [0.15, 0.2) is 0 Å². The second-order valence-corrected chi connectivity index (χ2v) is 9.49. The van der Waals surface area contributed by atoms with Gasteiger partial charge in [-0.2, -0.15) is 13.2 Å². The Bertz CT molecular complexity index is 1060. The lowest BCUT2D eigenvalue weighted by atomic mass is 9.80. The molecule has 2 saturated heterocycles. The summed E-state index contributed by atoms with van der Waals surface area (Å²) in [7, 11) is 0. The molecule has 0 aromatic carbocycles. The van der Waals surface area contributed by atoms with Gasteiger partial charge in [-0.25, -0.2) is 4.79 Å². The molecule has 3 atom stereocenters. The van der Waals surface area contributed by atoms with Crippen LogP contribution < -0.4 is 5.32 Å². The zero-order valence-corrected chi connectivity index (χ0v) is 20.0. The molecule has 190 valence electrons. The first-order valence-corrected chi connectivity index (χ1v) is 11.8.